The summed E-state index contributed by atoms with van der Waals surface area (Å²) in [5.74, 6) is -0.851. The molecule has 0 saturated carbocycles. The fourth-order valence-corrected chi connectivity index (χ4v) is 1.88. The molecular weight excluding hydrogens is 170 g/mol. The third-order valence-corrected chi connectivity index (χ3v) is 2.68. The molecule has 1 fully saturated rings. The number of piperidine rings is 1. The molecule has 1 spiro atoms. The Balaban J connectivity index is 2.13. The fourth-order valence-electron chi connectivity index (χ4n) is 1.88. The number of nitrogens with one attached hydrogen (secondary N) is 1. The fraction of sp³-hybridized carbons (Fsp3) is 0.667. The van der Waals surface area contributed by atoms with Crippen LogP contribution in [0.3, 0.4) is 0 Å². The average Bonchev–Trinajstić information content (AvgIpc) is 2.51. The number of carboxylic acids is 1. The summed E-state index contributed by atoms with van der Waals surface area (Å²) < 4.78 is 5.54. The number of carbonyl (C=O) groups is 1. The largest absolute Gasteiger partial charge is 0.478 e. The predicted octanol–water partition coefficient (Wildman–Crippen LogP) is 0.150. The third kappa shape index (κ3) is 1.59. The molecule has 0 aromatic heterocycles. The van der Waals surface area contributed by atoms with E-state index in [-0.39, 0.29) is 12.2 Å². The van der Waals surface area contributed by atoms with Gasteiger partial charge in [0.1, 0.15) is 0 Å². The van der Waals surface area contributed by atoms with Gasteiger partial charge in [-0.2, -0.15) is 0 Å². The Bertz CT molecular complexity index is 254. The van der Waals surface area contributed by atoms with Crippen LogP contribution < -0.4 is 5.32 Å². The summed E-state index contributed by atoms with van der Waals surface area (Å²) in [5.41, 5.74) is 0.126. The van der Waals surface area contributed by atoms with E-state index in [1.54, 1.807) is 6.08 Å². The lowest BCUT2D eigenvalue weighted by Gasteiger charge is -2.31. The van der Waals surface area contributed by atoms with E-state index in [0.29, 0.717) is 5.57 Å². The second-order valence-corrected chi connectivity index (χ2v) is 3.58. The standard InChI is InChI=1S/C9H13NO3/c11-8(12)7-5-9(13-6-7)1-3-10-4-2-9/h5,10H,1-4,6H2,(H,11,12). The summed E-state index contributed by atoms with van der Waals surface area (Å²) in [6, 6.07) is 0. The van der Waals surface area contributed by atoms with Gasteiger partial charge in [0.15, 0.2) is 0 Å². The molecule has 13 heavy (non-hydrogen) atoms. The van der Waals surface area contributed by atoms with Gasteiger partial charge in [-0.1, -0.05) is 0 Å². The van der Waals surface area contributed by atoms with Gasteiger partial charge >= 0.3 is 5.97 Å². The highest BCUT2D eigenvalue weighted by molar-refractivity contribution is 5.87. The number of rotatable bonds is 1. The highest BCUT2D eigenvalue weighted by atomic mass is 16.5. The maximum absolute atomic E-state index is 10.7. The van der Waals surface area contributed by atoms with Crippen molar-refractivity contribution in [1.29, 1.82) is 0 Å². The molecule has 2 heterocycles. The van der Waals surface area contributed by atoms with Gasteiger partial charge in [-0.15, -0.1) is 0 Å². The molecular formula is C9H13NO3. The van der Waals surface area contributed by atoms with Crippen LogP contribution in [0.25, 0.3) is 0 Å². The molecule has 0 radical (unpaired) electrons. The van der Waals surface area contributed by atoms with Crippen molar-refractivity contribution in [1.82, 2.24) is 5.32 Å². The Morgan fingerprint density at radius 3 is 2.77 bits per heavy atom. The summed E-state index contributed by atoms with van der Waals surface area (Å²) in [5, 5.41) is 12.0. The van der Waals surface area contributed by atoms with E-state index >= 15 is 0 Å². The predicted molar refractivity (Wildman–Crippen MR) is 46.5 cm³/mol. The van der Waals surface area contributed by atoms with Crippen LogP contribution in [-0.4, -0.2) is 36.4 Å². The summed E-state index contributed by atoms with van der Waals surface area (Å²) >= 11 is 0. The van der Waals surface area contributed by atoms with Gasteiger partial charge in [0.2, 0.25) is 0 Å². The van der Waals surface area contributed by atoms with Gasteiger partial charge in [0.25, 0.3) is 0 Å². The summed E-state index contributed by atoms with van der Waals surface area (Å²) in [4.78, 5) is 10.7. The molecule has 4 nitrogen and oxygen atoms in total. The Morgan fingerprint density at radius 1 is 1.54 bits per heavy atom. The van der Waals surface area contributed by atoms with Gasteiger partial charge in [0.05, 0.1) is 17.8 Å². The molecule has 0 atom stereocenters. The molecule has 4 heteroatoms. The summed E-state index contributed by atoms with van der Waals surface area (Å²) in [7, 11) is 0. The molecule has 2 aliphatic rings. The van der Waals surface area contributed by atoms with Crippen molar-refractivity contribution in [3.63, 3.8) is 0 Å². The van der Waals surface area contributed by atoms with E-state index in [0.717, 1.165) is 25.9 Å². The van der Waals surface area contributed by atoms with Crippen molar-refractivity contribution >= 4 is 5.97 Å². The number of aliphatic carboxylic acids is 1. The lowest BCUT2D eigenvalue weighted by atomic mass is 9.92. The van der Waals surface area contributed by atoms with Gasteiger partial charge < -0.3 is 15.2 Å². The third-order valence-electron chi connectivity index (χ3n) is 2.68. The molecule has 0 aromatic rings. The van der Waals surface area contributed by atoms with Crippen molar-refractivity contribution < 1.29 is 14.6 Å². The SMILES string of the molecule is O=C(O)C1=CC2(CCNCC2)OC1. The molecule has 72 valence electrons. The first-order valence-electron chi connectivity index (χ1n) is 4.52. The minimum Gasteiger partial charge on any atom is -0.478 e. The molecule has 0 bridgehead atoms. The Hall–Kier alpha value is -0.870. The Labute approximate surface area is 76.6 Å². The van der Waals surface area contributed by atoms with Gasteiger partial charge in [-0.05, 0) is 32.0 Å². The maximum Gasteiger partial charge on any atom is 0.333 e. The van der Waals surface area contributed by atoms with Crippen molar-refractivity contribution in [2.24, 2.45) is 0 Å². The molecule has 0 aromatic carbocycles. The molecule has 0 aliphatic carbocycles. The van der Waals surface area contributed by atoms with E-state index in [9.17, 15) is 4.79 Å². The number of ether oxygens (including phenoxy) is 1. The first-order chi connectivity index (χ1) is 6.22. The normalized spacial score (nSPS) is 26.0. The zero-order chi connectivity index (χ0) is 9.31. The molecule has 2 rings (SSSR count). The van der Waals surface area contributed by atoms with Crippen LogP contribution in [0.2, 0.25) is 0 Å². The van der Waals surface area contributed by atoms with Crippen LogP contribution >= 0.6 is 0 Å². The topological polar surface area (TPSA) is 58.6 Å². The lowest BCUT2D eigenvalue weighted by molar-refractivity contribution is -0.133. The zero-order valence-electron chi connectivity index (χ0n) is 7.38. The highest BCUT2D eigenvalue weighted by Crippen LogP contribution is 2.31. The van der Waals surface area contributed by atoms with Crippen LogP contribution in [0.4, 0.5) is 0 Å². The lowest BCUT2D eigenvalue weighted by Crippen LogP contribution is -2.40. The van der Waals surface area contributed by atoms with Crippen LogP contribution in [-0.2, 0) is 9.53 Å². The van der Waals surface area contributed by atoms with E-state index in [1.165, 1.54) is 0 Å². The monoisotopic (exact) mass is 183 g/mol. The van der Waals surface area contributed by atoms with Crippen molar-refractivity contribution in [2.75, 3.05) is 19.7 Å². The van der Waals surface area contributed by atoms with Crippen molar-refractivity contribution in [3.8, 4) is 0 Å². The second-order valence-electron chi connectivity index (χ2n) is 3.58. The average molecular weight is 183 g/mol. The van der Waals surface area contributed by atoms with Crippen LogP contribution in [0.1, 0.15) is 12.8 Å². The zero-order valence-corrected chi connectivity index (χ0v) is 7.38. The number of hydrogen-bond donors (Lipinski definition) is 2. The molecule has 2 N–H and O–H groups in total. The van der Waals surface area contributed by atoms with Crippen molar-refractivity contribution in [3.05, 3.63) is 11.6 Å². The first kappa shape index (κ1) is 8.72. The number of carboxylic acid groups (broad SMARTS) is 1. The Kier molecular flexibility index (Phi) is 2.09. The van der Waals surface area contributed by atoms with E-state index < -0.39 is 5.97 Å². The van der Waals surface area contributed by atoms with Crippen LogP contribution in [0.15, 0.2) is 11.6 Å². The molecule has 0 amide bonds. The minimum atomic E-state index is -0.851. The van der Waals surface area contributed by atoms with Crippen molar-refractivity contribution in [2.45, 2.75) is 18.4 Å². The summed E-state index contributed by atoms with van der Waals surface area (Å²) in [6.45, 7) is 2.07. The first-order valence-corrected chi connectivity index (χ1v) is 4.52. The van der Waals surface area contributed by atoms with Gasteiger partial charge in [-0.25, -0.2) is 4.79 Å². The molecule has 2 aliphatic heterocycles. The highest BCUT2D eigenvalue weighted by Gasteiger charge is 2.36. The van der Waals surface area contributed by atoms with E-state index in [2.05, 4.69) is 5.32 Å². The quantitative estimate of drug-likeness (QED) is 0.607. The number of hydrogen-bond acceptors (Lipinski definition) is 3. The summed E-state index contributed by atoms with van der Waals surface area (Å²) in [6.07, 6.45) is 3.55. The van der Waals surface area contributed by atoms with Gasteiger partial charge in [-0.3, -0.25) is 0 Å². The van der Waals surface area contributed by atoms with E-state index in [4.69, 9.17) is 9.84 Å². The molecule has 0 unspecified atom stereocenters. The minimum absolute atomic E-state index is 0.259. The Morgan fingerprint density at radius 2 is 2.23 bits per heavy atom. The molecule has 1 saturated heterocycles. The van der Waals surface area contributed by atoms with E-state index in [1.807, 2.05) is 0 Å². The second kappa shape index (κ2) is 3.12. The van der Waals surface area contributed by atoms with Gasteiger partial charge in [0, 0.05) is 0 Å². The smallest absolute Gasteiger partial charge is 0.333 e. The van der Waals surface area contributed by atoms with Crippen LogP contribution in [0, 0.1) is 0 Å². The maximum atomic E-state index is 10.7. The van der Waals surface area contributed by atoms with Crippen LogP contribution in [0.5, 0.6) is 0 Å².